The minimum absolute atomic E-state index is 0.248. The average molecular weight is 213 g/mol. The van der Waals surface area contributed by atoms with E-state index in [9.17, 15) is 14.9 Å². The van der Waals surface area contributed by atoms with Gasteiger partial charge in [-0.1, -0.05) is 0 Å². The maximum Gasteiger partial charge on any atom is 0.365 e. The molecule has 1 heterocycles. The van der Waals surface area contributed by atoms with E-state index in [-0.39, 0.29) is 11.4 Å². The van der Waals surface area contributed by atoms with Crippen molar-refractivity contribution < 1.29 is 14.5 Å². The number of carbonyl (C=O) groups is 1. The average Bonchev–Trinajstić information content (AvgIpc) is 2.54. The summed E-state index contributed by atoms with van der Waals surface area (Å²) < 4.78 is 5.81. The van der Waals surface area contributed by atoms with Gasteiger partial charge in [-0.05, 0) is 13.8 Å². The predicted molar refractivity (Wildman–Crippen MR) is 50.6 cm³/mol. The van der Waals surface area contributed by atoms with Gasteiger partial charge in [0, 0.05) is 6.54 Å². The number of aromatic nitrogens is 2. The van der Waals surface area contributed by atoms with Gasteiger partial charge in [-0.3, -0.25) is 14.8 Å². The Bertz CT molecular complexity index is 410. The Morgan fingerprint density at radius 2 is 2.27 bits per heavy atom. The van der Waals surface area contributed by atoms with E-state index in [4.69, 9.17) is 0 Å². The zero-order chi connectivity index (χ0) is 11.6. The van der Waals surface area contributed by atoms with Crippen molar-refractivity contribution >= 4 is 11.7 Å². The molecule has 0 aromatic carbocycles. The first kappa shape index (κ1) is 11.2. The minimum Gasteiger partial charge on any atom is -0.464 e. The van der Waals surface area contributed by atoms with Crippen LogP contribution < -0.4 is 0 Å². The molecular formula is C8H11N3O4. The summed E-state index contributed by atoms with van der Waals surface area (Å²) in [5.74, 6) is -0.794. The van der Waals surface area contributed by atoms with E-state index < -0.39 is 10.9 Å². The Kier molecular flexibility index (Phi) is 3.03. The van der Waals surface area contributed by atoms with Gasteiger partial charge < -0.3 is 4.74 Å². The van der Waals surface area contributed by atoms with Gasteiger partial charge >= 0.3 is 11.7 Å². The Hall–Kier alpha value is -1.92. The van der Waals surface area contributed by atoms with Gasteiger partial charge in [0.1, 0.15) is 5.69 Å². The molecule has 0 atom stereocenters. The number of hydrogen-bond acceptors (Lipinski definition) is 5. The van der Waals surface area contributed by atoms with Gasteiger partial charge in [0.15, 0.2) is 0 Å². The lowest BCUT2D eigenvalue weighted by Crippen LogP contribution is -2.06. The fraction of sp³-hybridized carbons (Fsp3) is 0.500. The molecule has 0 aliphatic carbocycles. The van der Waals surface area contributed by atoms with E-state index in [1.54, 1.807) is 13.8 Å². The summed E-state index contributed by atoms with van der Waals surface area (Å²) in [4.78, 5) is 21.3. The SMILES string of the molecule is CCn1nc(C(=O)OC)c([N+](=O)[O-])c1C. The molecular weight excluding hydrogens is 202 g/mol. The van der Waals surface area contributed by atoms with E-state index >= 15 is 0 Å². The van der Waals surface area contributed by atoms with Crippen LogP contribution in [0, 0.1) is 17.0 Å². The smallest absolute Gasteiger partial charge is 0.365 e. The van der Waals surface area contributed by atoms with Crippen LogP contribution in [0.4, 0.5) is 5.69 Å². The summed E-state index contributed by atoms with van der Waals surface area (Å²) in [5, 5.41) is 14.6. The highest BCUT2D eigenvalue weighted by Gasteiger charge is 2.29. The monoisotopic (exact) mass is 213 g/mol. The lowest BCUT2D eigenvalue weighted by molar-refractivity contribution is -0.385. The Morgan fingerprint density at radius 1 is 1.67 bits per heavy atom. The molecule has 0 N–H and O–H groups in total. The quantitative estimate of drug-likeness (QED) is 0.423. The normalized spacial score (nSPS) is 10.1. The number of esters is 1. The van der Waals surface area contributed by atoms with Crippen LogP contribution in [0.1, 0.15) is 23.1 Å². The number of ether oxygens (including phenoxy) is 1. The van der Waals surface area contributed by atoms with E-state index in [2.05, 4.69) is 9.84 Å². The highest BCUT2D eigenvalue weighted by atomic mass is 16.6. The number of hydrogen-bond donors (Lipinski definition) is 0. The molecule has 7 nitrogen and oxygen atoms in total. The van der Waals surface area contributed by atoms with Crippen molar-refractivity contribution in [3.05, 3.63) is 21.5 Å². The summed E-state index contributed by atoms with van der Waals surface area (Å²) in [6.45, 7) is 3.79. The first-order valence-corrected chi connectivity index (χ1v) is 4.33. The predicted octanol–water partition coefficient (Wildman–Crippen LogP) is 0.906. The summed E-state index contributed by atoms with van der Waals surface area (Å²) in [7, 11) is 1.16. The van der Waals surface area contributed by atoms with Crippen molar-refractivity contribution in [2.75, 3.05) is 7.11 Å². The van der Waals surface area contributed by atoms with Gasteiger partial charge in [-0.2, -0.15) is 5.10 Å². The third-order valence-corrected chi connectivity index (χ3v) is 2.04. The van der Waals surface area contributed by atoms with Crippen molar-refractivity contribution in [2.24, 2.45) is 0 Å². The van der Waals surface area contributed by atoms with Crippen molar-refractivity contribution in [3.63, 3.8) is 0 Å². The Labute approximate surface area is 85.8 Å². The Morgan fingerprint density at radius 3 is 2.67 bits per heavy atom. The third-order valence-electron chi connectivity index (χ3n) is 2.04. The van der Waals surface area contributed by atoms with E-state index in [1.807, 2.05) is 0 Å². The fourth-order valence-electron chi connectivity index (χ4n) is 1.30. The lowest BCUT2D eigenvalue weighted by atomic mass is 10.3. The van der Waals surface area contributed by atoms with Gasteiger partial charge in [0.2, 0.25) is 5.69 Å². The lowest BCUT2D eigenvalue weighted by Gasteiger charge is -1.95. The summed E-state index contributed by atoms with van der Waals surface area (Å²) in [6.07, 6.45) is 0. The number of methoxy groups -OCH3 is 1. The second-order valence-corrected chi connectivity index (χ2v) is 2.85. The van der Waals surface area contributed by atoms with Crippen molar-refractivity contribution in [1.29, 1.82) is 0 Å². The zero-order valence-corrected chi connectivity index (χ0v) is 8.68. The van der Waals surface area contributed by atoms with Gasteiger partial charge in [0.05, 0.1) is 12.0 Å². The minimum atomic E-state index is -0.794. The van der Waals surface area contributed by atoms with Crippen LogP contribution in [-0.2, 0) is 11.3 Å². The third kappa shape index (κ3) is 1.80. The first-order valence-electron chi connectivity index (χ1n) is 4.33. The molecule has 0 saturated carbocycles. The first-order chi connectivity index (χ1) is 7.02. The van der Waals surface area contributed by atoms with Crippen LogP contribution in [0.25, 0.3) is 0 Å². The van der Waals surface area contributed by atoms with Gasteiger partial charge in [-0.25, -0.2) is 4.79 Å². The van der Waals surface area contributed by atoms with Crippen LogP contribution >= 0.6 is 0 Å². The molecule has 0 saturated heterocycles. The number of carbonyl (C=O) groups excluding carboxylic acids is 1. The highest BCUT2D eigenvalue weighted by Crippen LogP contribution is 2.23. The molecule has 1 aromatic heterocycles. The van der Waals surface area contributed by atoms with Crippen LogP contribution in [0.15, 0.2) is 0 Å². The van der Waals surface area contributed by atoms with Crippen molar-refractivity contribution in [3.8, 4) is 0 Å². The topological polar surface area (TPSA) is 87.3 Å². The Balaban J connectivity index is 3.37. The summed E-state index contributed by atoms with van der Waals surface area (Å²) in [5.41, 5.74) is -0.187. The standard InChI is InChI=1S/C8H11N3O4/c1-4-10-5(2)7(11(13)14)6(9-10)8(12)15-3/h4H2,1-3H3. The molecule has 7 heteroatoms. The molecule has 15 heavy (non-hydrogen) atoms. The maximum atomic E-state index is 11.2. The maximum absolute atomic E-state index is 11.2. The second kappa shape index (κ2) is 4.07. The van der Waals surface area contributed by atoms with E-state index in [0.717, 1.165) is 7.11 Å². The molecule has 0 radical (unpaired) electrons. The summed E-state index contributed by atoms with van der Waals surface area (Å²) >= 11 is 0. The number of rotatable bonds is 3. The van der Waals surface area contributed by atoms with Crippen molar-refractivity contribution in [2.45, 2.75) is 20.4 Å². The fourth-order valence-corrected chi connectivity index (χ4v) is 1.30. The molecule has 1 aromatic rings. The molecule has 0 aliphatic heterocycles. The van der Waals surface area contributed by atoms with E-state index in [0.29, 0.717) is 12.2 Å². The second-order valence-electron chi connectivity index (χ2n) is 2.85. The number of nitro groups is 1. The molecule has 0 amide bonds. The number of nitrogens with zero attached hydrogens (tertiary/aromatic N) is 3. The molecule has 0 fully saturated rings. The molecule has 0 spiro atoms. The highest BCUT2D eigenvalue weighted by molar-refractivity contribution is 5.92. The largest absolute Gasteiger partial charge is 0.464 e. The van der Waals surface area contributed by atoms with Crippen LogP contribution in [0.2, 0.25) is 0 Å². The summed E-state index contributed by atoms with van der Waals surface area (Å²) in [6, 6.07) is 0. The molecule has 0 bridgehead atoms. The van der Waals surface area contributed by atoms with E-state index in [1.165, 1.54) is 4.68 Å². The van der Waals surface area contributed by atoms with Crippen LogP contribution in [-0.4, -0.2) is 27.8 Å². The molecule has 0 aliphatic rings. The number of aryl methyl sites for hydroxylation is 1. The molecule has 82 valence electrons. The molecule has 0 unspecified atom stereocenters. The van der Waals surface area contributed by atoms with Gasteiger partial charge in [0.25, 0.3) is 0 Å². The van der Waals surface area contributed by atoms with Gasteiger partial charge in [-0.15, -0.1) is 0 Å². The van der Waals surface area contributed by atoms with Crippen LogP contribution in [0.3, 0.4) is 0 Å². The zero-order valence-electron chi connectivity index (χ0n) is 8.68. The molecule has 1 rings (SSSR count). The van der Waals surface area contributed by atoms with Crippen molar-refractivity contribution in [1.82, 2.24) is 9.78 Å². The van der Waals surface area contributed by atoms with Crippen LogP contribution in [0.5, 0.6) is 0 Å².